The summed E-state index contributed by atoms with van der Waals surface area (Å²) in [4.78, 5) is 20.8. The monoisotopic (exact) mass is 379 g/mol. The van der Waals surface area contributed by atoms with Crippen LogP contribution in [0.2, 0.25) is 0 Å². The molecule has 0 spiro atoms. The van der Waals surface area contributed by atoms with Crippen molar-refractivity contribution in [2.75, 3.05) is 14.2 Å². The largest absolute Gasteiger partial charge is 0.493 e. The molecule has 28 heavy (non-hydrogen) atoms. The molecule has 2 aromatic heterocycles. The van der Waals surface area contributed by atoms with Gasteiger partial charge in [-0.1, -0.05) is 18.2 Å². The van der Waals surface area contributed by atoms with Crippen LogP contribution in [0.3, 0.4) is 0 Å². The topological polar surface area (TPSA) is 91.2 Å². The van der Waals surface area contributed by atoms with Gasteiger partial charge in [-0.15, -0.1) is 0 Å². The number of hydrogen-bond acceptors (Lipinski definition) is 6. The Morgan fingerprint density at radius 3 is 2.71 bits per heavy atom. The van der Waals surface area contributed by atoms with Crippen molar-refractivity contribution in [3.8, 4) is 17.3 Å². The second-order valence-corrected chi connectivity index (χ2v) is 5.85. The standard InChI is InChI=1S/C20H21N5O3/c1-4-5-15-8-16(9-17(27-2)19(15)28-3)20(26)23-11-14-6-7-18(22-10-14)25-13-21-12-24-25/h4-10,12-13H,11H2,1-3H3,(H,23,26)/b5-4+. The Balaban J connectivity index is 1.73. The minimum atomic E-state index is -0.216. The fraction of sp³-hybridized carbons (Fsp3) is 0.200. The van der Waals surface area contributed by atoms with E-state index < -0.39 is 0 Å². The summed E-state index contributed by atoms with van der Waals surface area (Å²) in [5.41, 5.74) is 2.12. The molecule has 3 rings (SSSR count). The molecular weight excluding hydrogens is 358 g/mol. The van der Waals surface area contributed by atoms with Crippen LogP contribution in [-0.2, 0) is 6.54 Å². The Hall–Kier alpha value is -3.68. The lowest BCUT2D eigenvalue weighted by molar-refractivity contribution is 0.0950. The van der Waals surface area contributed by atoms with E-state index in [-0.39, 0.29) is 5.91 Å². The van der Waals surface area contributed by atoms with Crippen molar-refractivity contribution < 1.29 is 14.3 Å². The number of hydrogen-bond donors (Lipinski definition) is 1. The average molecular weight is 379 g/mol. The van der Waals surface area contributed by atoms with Gasteiger partial charge in [-0.3, -0.25) is 4.79 Å². The number of aromatic nitrogens is 4. The highest BCUT2D eigenvalue weighted by Gasteiger charge is 2.15. The number of rotatable bonds is 7. The van der Waals surface area contributed by atoms with Crippen LogP contribution in [0, 0.1) is 0 Å². The molecular formula is C20H21N5O3. The molecule has 0 fully saturated rings. The third kappa shape index (κ3) is 4.17. The third-order valence-corrected chi connectivity index (χ3v) is 4.03. The number of nitrogens with one attached hydrogen (secondary N) is 1. The Bertz CT molecular complexity index is 966. The smallest absolute Gasteiger partial charge is 0.251 e. The van der Waals surface area contributed by atoms with Crippen LogP contribution < -0.4 is 14.8 Å². The first-order valence-electron chi connectivity index (χ1n) is 8.63. The predicted molar refractivity (Wildman–Crippen MR) is 105 cm³/mol. The van der Waals surface area contributed by atoms with Gasteiger partial charge in [0.1, 0.15) is 12.7 Å². The van der Waals surface area contributed by atoms with Gasteiger partial charge in [-0.05, 0) is 30.7 Å². The van der Waals surface area contributed by atoms with E-state index in [2.05, 4.69) is 20.4 Å². The minimum absolute atomic E-state index is 0.216. The van der Waals surface area contributed by atoms with Crippen LogP contribution in [0.1, 0.15) is 28.4 Å². The number of carbonyl (C=O) groups is 1. The average Bonchev–Trinajstić information content (AvgIpc) is 3.27. The normalized spacial score (nSPS) is 10.8. The van der Waals surface area contributed by atoms with E-state index in [1.54, 1.807) is 43.6 Å². The molecule has 8 heteroatoms. The summed E-state index contributed by atoms with van der Waals surface area (Å²) < 4.78 is 12.3. The number of nitrogens with zero attached hydrogens (tertiary/aromatic N) is 4. The molecule has 0 unspecified atom stereocenters. The van der Waals surface area contributed by atoms with Crippen LogP contribution >= 0.6 is 0 Å². The molecule has 144 valence electrons. The van der Waals surface area contributed by atoms with Gasteiger partial charge in [0.15, 0.2) is 17.3 Å². The maximum absolute atomic E-state index is 12.6. The first-order valence-corrected chi connectivity index (χ1v) is 8.63. The van der Waals surface area contributed by atoms with Crippen LogP contribution in [0.15, 0.2) is 49.2 Å². The maximum atomic E-state index is 12.6. The quantitative estimate of drug-likeness (QED) is 0.679. The van der Waals surface area contributed by atoms with Gasteiger partial charge >= 0.3 is 0 Å². The molecule has 0 atom stereocenters. The molecule has 0 saturated carbocycles. The zero-order chi connectivity index (χ0) is 19.9. The van der Waals surface area contributed by atoms with E-state index in [4.69, 9.17) is 9.47 Å². The van der Waals surface area contributed by atoms with Crippen LogP contribution in [0.4, 0.5) is 0 Å². The molecule has 8 nitrogen and oxygen atoms in total. The lowest BCUT2D eigenvalue weighted by Crippen LogP contribution is -2.23. The van der Waals surface area contributed by atoms with Gasteiger partial charge in [0, 0.05) is 23.9 Å². The molecule has 0 aliphatic carbocycles. The second-order valence-electron chi connectivity index (χ2n) is 5.85. The number of benzene rings is 1. The Morgan fingerprint density at radius 1 is 1.25 bits per heavy atom. The van der Waals surface area contributed by atoms with Gasteiger partial charge in [0.05, 0.1) is 14.2 Å². The summed E-state index contributed by atoms with van der Waals surface area (Å²) in [5.74, 6) is 1.53. The molecule has 1 N–H and O–H groups in total. The molecule has 0 bridgehead atoms. The van der Waals surface area contributed by atoms with Crippen molar-refractivity contribution in [2.24, 2.45) is 0 Å². The Kier molecular flexibility index (Phi) is 6.01. The molecule has 0 radical (unpaired) electrons. The highest BCUT2D eigenvalue weighted by Crippen LogP contribution is 2.33. The van der Waals surface area contributed by atoms with E-state index in [0.717, 1.165) is 11.1 Å². The summed E-state index contributed by atoms with van der Waals surface area (Å²) in [5, 5.41) is 6.92. The third-order valence-electron chi connectivity index (χ3n) is 4.03. The van der Waals surface area contributed by atoms with Crippen molar-refractivity contribution in [1.29, 1.82) is 0 Å². The molecule has 0 saturated heterocycles. The Labute approximate surface area is 162 Å². The highest BCUT2D eigenvalue weighted by molar-refractivity contribution is 5.95. The number of ether oxygens (including phenoxy) is 2. The van der Waals surface area contributed by atoms with Crippen molar-refractivity contribution in [1.82, 2.24) is 25.1 Å². The molecule has 2 heterocycles. The van der Waals surface area contributed by atoms with Crippen molar-refractivity contribution >= 4 is 12.0 Å². The summed E-state index contributed by atoms with van der Waals surface area (Å²) in [7, 11) is 3.11. The van der Waals surface area contributed by atoms with Gasteiger partial charge in [0.2, 0.25) is 0 Å². The predicted octanol–water partition coefficient (Wildman–Crippen LogP) is 2.64. The molecule has 0 aliphatic rings. The summed E-state index contributed by atoms with van der Waals surface area (Å²) in [6, 6.07) is 7.12. The van der Waals surface area contributed by atoms with Gasteiger partial charge in [-0.25, -0.2) is 14.6 Å². The van der Waals surface area contributed by atoms with Crippen molar-refractivity contribution in [2.45, 2.75) is 13.5 Å². The van der Waals surface area contributed by atoms with Gasteiger partial charge in [0.25, 0.3) is 5.91 Å². The fourth-order valence-corrected chi connectivity index (χ4v) is 2.70. The number of carbonyl (C=O) groups excluding carboxylic acids is 1. The van der Waals surface area contributed by atoms with Gasteiger partial charge in [-0.2, -0.15) is 5.10 Å². The van der Waals surface area contributed by atoms with E-state index in [1.165, 1.54) is 6.33 Å². The minimum Gasteiger partial charge on any atom is -0.493 e. The lowest BCUT2D eigenvalue weighted by Gasteiger charge is -2.13. The molecule has 3 aromatic rings. The first kappa shape index (κ1) is 19.1. The summed E-state index contributed by atoms with van der Waals surface area (Å²) in [6.45, 7) is 2.24. The number of methoxy groups -OCH3 is 2. The van der Waals surface area contributed by atoms with E-state index in [9.17, 15) is 4.79 Å². The SMILES string of the molecule is C/C=C/c1cc(C(=O)NCc2ccc(-n3cncn3)nc2)cc(OC)c1OC. The van der Waals surface area contributed by atoms with Crippen molar-refractivity contribution in [3.05, 3.63) is 65.9 Å². The number of allylic oxidation sites excluding steroid dienone is 1. The summed E-state index contributed by atoms with van der Waals surface area (Å²) in [6.07, 6.45) is 8.45. The molecule has 1 amide bonds. The molecule has 1 aromatic carbocycles. The zero-order valence-electron chi connectivity index (χ0n) is 15.9. The number of amides is 1. The summed E-state index contributed by atoms with van der Waals surface area (Å²) >= 11 is 0. The van der Waals surface area contributed by atoms with Gasteiger partial charge < -0.3 is 14.8 Å². The van der Waals surface area contributed by atoms with E-state index >= 15 is 0 Å². The zero-order valence-corrected chi connectivity index (χ0v) is 15.9. The fourth-order valence-electron chi connectivity index (χ4n) is 2.70. The van der Waals surface area contributed by atoms with Crippen LogP contribution in [0.5, 0.6) is 11.5 Å². The van der Waals surface area contributed by atoms with Crippen molar-refractivity contribution in [3.63, 3.8) is 0 Å². The Morgan fingerprint density at radius 2 is 2.11 bits per heavy atom. The first-order chi connectivity index (χ1) is 13.7. The van der Waals surface area contributed by atoms with Crippen LogP contribution in [0.25, 0.3) is 11.9 Å². The number of pyridine rings is 1. The van der Waals surface area contributed by atoms with Crippen LogP contribution in [-0.4, -0.2) is 39.9 Å². The second kappa shape index (κ2) is 8.81. The highest BCUT2D eigenvalue weighted by atomic mass is 16.5. The maximum Gasteiger partial charge on any atom is 0.251 e. The lowest BCUT2D eigenvalue weighted by atomic mass is 10.1. The van der Waals surface area contributed by atoms with E-state index in [0.29, 0.717) is 29.4 Å². The molecule has 0 aliphatic heterocycles. The van der Waals surface area contributed by atoms with E-state index in [1.807, 2.05) is 31.2 Å².